The minimum atomic E-state index is 0.331. The van der Waals surface area contributed by atoms with Gasteiger partial charge >= 0.3 is 0 Å². The van der Waals surface area contributed by atoms with Gasteiger partial charge in [-0.1, -0.05) is 61.5 Å². The van der Waals surface area contributed by atoms with E-state index in [0.29, 0.717) is 5.92 Å². The topological polar surface area (TPSA) is 0 Å². The maximum atomic E-state index is 2.48. The smallest absolute Gasteiger partial charge is 0.0434 e. The lowest BCUT2D eigenvalue weighted by atomic mass is 9.71. The van der Waals surface area contributed by atoms with Gasteiger partial charge in [0.05, 0.1) is 0 Å². The number of hydrogen-bond donors (Lipinski definition) is 0. The van der Waals surface area contributed by atoms with Crippen molar-refractivity contribution in [1.29, 1.82) is 0 Å². The van der Waals surface area contributed by atoms with Crippen LogP contribution in [0.2, 0.25) is 0 Å². The van der Waals surface area contributed by atoms with Crippen molar-refractivity contribution < 1.29 is 0 Å². The van der Waals surface area contributed by atoms with Crippen molar-refractivity contribution >= 4 is 135 Å². The van der Waals surface area contributed by atoms with E-state index in [1.165, 1.54) is 101 Å². The van der Waals surface area contributed by atoms with Crippen molar-refractivity contribution in [2.45, 2.75) is 19.3 Å². The van der Waals surface area contributed by atoms with Crippen LogP contribution in [0.4, 0.5) is 0 Å². The molecular formula is C37H18S3. The first-order valence-corrected chi connectivity index (χ1v) is 16.7. The lowest BCUT2D eigenvalue weighted by Gasteiger charge is -2.31. The highest BCUT2D eigenvalue weighted by Gasteiger charge is 2.35. The third-order valence-electron chi connectivity index (χ3n) is 10.4. The Hall–Kier alpha value is -3.76. The zero-order valence-electron chi connectivity index (χ0n) is 21.4. The summed E-state index contributed by atoms with van der Waals surface area (Å²) < 4.78 is 2.92. The Bertz CT molecular complexity index is 2830. The minimum absolute atomic E-state index is 0.331. The molecule has 0 N–H and O–H groups in total. The highest BCUT2D eigenvalue weighted by molar-refractivity contribution is 7.20. The Balaban J connectivity index is 1.63. The lowest BCUT2D eigenvalue weighted by molar-refractivity contribution is 1.01. The summed E-state index contributed by atoms with van der Waals surface area (Å²) in [5.74, 6) is 0.331. The molecule has 0 spiro atoms. The number of benzene rings is 7. The van der Waals surface area contributed by atoms with Crippen LogP contribution in [-0.2, 0) is 6.42 Å². The van der Waals surface area contributed by atoms with E-state index in [-0.39, 0.29) is 0 Å². The Kier molecular flexibility index (Phi) is 3.16. The molecule has 0 amide bonds. The highest BCUT2D eigenvalue weighted by Crippen LogP contribution is 2.61. The van der Waals surface area contributed by atoms with E-state index >= 15 is 0 Å². The first kappa shape index (κ1) is 20.2. The van der Waals surface area contributed by atoms with Gasteiger partial charge in [0.15, 0.2) is 0 Å². The third kappa shape index (κ3) is 1.87. The second-order valence-corrected chi connectivity index (χ2v) is 14.6. The summed E-state index contributed by atoms with van der Waals surface area (Å²) in [6.45, 7) is 2.48. The maximum absolute atomic E-state index is 2.48. The first-order valence-electron chi connectivity index (χ1n) is 14.0. The summed E-state index contributed by atoms with van der Waals surface area (Å²) in [5.41, 5.74) is 4.51. The second kappa shape index (κ2) is 6.26. The van der Waals surface area contributed by atoms with Crippen LogP contribution in [0.5, 0.6) is 0 Å². The van der Waals surface area contributed by atoms with Gasteiger partial charge in [0.25, 0.3) is 0 Å². The van der Waals surface area contributed by atoms with E-state index in [1.54, 1.807) is 16.3 Å². The molecule has 184 valence electrons. The molecule has 0 nitrogen and oxygen atoms in total. The summed E-state index contributed by atoms with van der Waals surface area (Å²) in [6, 6.07) is 14.1. The fraction of sp³-hybridized carbons (Fsp3) is 0.0811. The summed E-state index contributed by atoms with van der Waals surface area (Å²) in [4.78, 5) is 1.51. The van der Waals surface area contributed by atoms with Gasteiger partial charge in [0, 0.05) is 69.7 Å². The van der Waals surface area contributed by atoms with E-state index < -0.39 is 0 Å². The van der Waals surface area contributed by atoms with Crippen molar-refractivity contribution in [2.75, 3.05) is 0 Å². The lowest BCUT2D eigenvalue weighted by Crippen LogP contribution is -2.07. The van der Waals surface area contributed by atoms with Gasteiger partial charge in [-0.05, 0) is 75.9 Å². The summed E-state index contributed by atoms with van der Waals surface area (Å²) in [5, 5.41) is 31.1. The van der Waals surface area contributed by atoms with Crippen molar-refractivity contribution in [1.82, 2.24) is 0 Å². The van der Waals surface area contributed by atoms with Crippen LogP contribution >= 0.6 is 34.0 Å². The molecule has 3 aromatic heterocycles. The number of thiophene rings is 3. The standard InChI is InChI=1S/C37H18S3/c1-15-16-6-2-3-11-24-28-22(12-38-24)17-7-4-9-19-26(17)33-31(28)25(15)32-29-21(16)13-39-36(29)20-10-5-8-18-23-14-40-37(19)30(23)35(33)34(32)27(18)20/h2-10,12-15H,11H2,1H3/b3-2-,16-6+. The molecule has 2 aliphatic carbocycles. The Labute approximate surface area is 240 Å². The number of rotatable bonds is 0. The molecule has 40 heavy (non-hydrogen) atoms. The summed E-state index contributed by atoms with van der Waals surface area (Å²) in [6.07, 6.45) is 8.13. The van der Waals surface area contributed by atoms with E-state index in [0.717, 1.165) is 6.42 Å². The van der Waals surface area contributed by atoms with Crippen LogP contribution in [0.15, 0.2) is 70.8 Å². The Morgan fingerprint density at radius 3 is 2.00 bits per heavy atom. The molecule has 3 heteroatoms. The minimum Gasteiger partial charge on any atom is -0.147 e. The van der Waals surface area contributed by atoms with Crippen molar-refractivity contribution in [2.24, 2.45) is 0 Å². The van der Waals surface area contributed by atoms with Crippen LogP contribution < -0.4 is 0 Å². The molecule has 2 bridgehead atoms. The number of hydrogen-bond acceptors (Lipinski definition) is 3. The molecular weight excluding hydrogens is 541 g/mol. The molecule has 7 aromatic carbocycles. The zero-order valence-corrected chi connectivity index (χ0v) is 23.9. The average molecular weight is 559 g/mol. The molecule has 2 aliphatic rings. The molecule has 0 aliphatic heterocycles. The van der Waals surface area contributed by atoms with Gasteiger partial charge in [-0.25, -0.2) is 0 Å². The van der Waals surface area contributed by atoms with Gasteiger partial charge in [0.2, 0.25) is 0 Å². The molecule has 3 heterocycles. The van der Waals surface area contributed by atoms with Crippen LogP contribution in [0.25, 0.3) is 101 Å². The quantitative estimate of drug-likeness (QED) is 0.128. The normalized spacial score (nSPS) is 19.4. The fourth-order valence-electron chi connectivity index (χ4n) is 8.95. The summed E-state index contributed by atoms with van der Waals surface area (Å²) in [7, 11) is 0. The SMILES string of the molecule is CC1/C2=C\C=C/Cc3scc4c5cccc6c7scc8c9cccc%10c%11scc2c%11c2c1c(c34)c(c56)c(c87)c2c9%10. The van der Waals surface area contributed by atoms with Crippen LogP contribution in [0.3, 0.4) is 0 Å². The highest BCUT2D eigenvalue weighted by atomic mass is 32.1. The Morgan fingerprint density at radius 1 is 0.575 bits per heavy atom. The molecule has 1 atom stereocenters. The molecule has 1 unspecified atom stereocenters. The van der Waals surface area contributed by atoms with Gasteiger partial charge < -0.3 is 0 Å². The van der Waals surface area contributed by atoms with E-state index in [1.807, 2.05) is 34.0 Å². The third-order valence-corrected chi connectivity index (χ3v) is 13.4. The summed E-state index contributed by atoms with van der Waals surface area (Å²) >= 11 is 5.86. The van der Waals surface area contributed by atoms with Gasteiger partial charge in [0.1, 0.15) is 0 Å². The Morgan fingerprint density at radius 2 is 1.20 bits per heavy atom. The van der Waals surface area contributed by atoms with Crippen LogP contribution in [0, 0.1) is 0 Å². The zero-order chi connectivity index (χ0) is 25.6. The van der Waals surface area contributed by atoms with Crippen LogP contribution in [-0.4, -0.2) is 0 Å². The predicted molar refractivity (Wildman–Crippen MR) is 180 cm³/mol. The number of fused-ring (bicyclic) bond motifs is 6. The molecule has 12 rings (SSSR count). The van der Waals surface area contributed by atoms with E-state index in [4.69, 9.17) is 0 Å². The average Bonchev–Trinajstić information content (AvgIpc) is 3.72. The van der Waals surface area contributed by atoms with Crippen molar-refractivity contribution in [3.05, 3.63) is 86.8 Å². The number of allylic oxidation sites excluding steroid dienone is 4. The first-order chi connectivity index (χ1) is 19.8. The van der Waals surface area contributed by atoms with Crippen LogP contribution in [0.1, 0.15) is 28.8 Å². The molecule has 0 saturated heterocycles. The molecule has 0 radical (unpaired) electrons. The van der Waals surface area contributed by atoms with Crippen molar-refractivity contribution in [3.8, 4) is 0 Å². The predicted octanol–water partition coefficient (Wildman–Crippen LogP) is 12.2. The fourth-order valence-corrected chi connectivity index (χ4v) is 12.2. The van der Waals surface area contributed by atoms with E-state index in [2.05, 4.69) is 77.7 Å². The monoisotopic (exact) mass is 558 g/mol. The van der Waals surface area contributed by atoms with Gasteiger partial charge in [-0.15, -0.1) is 34.0 Å². The molecule has 10 aromatic rings. The maximum Gasteiger partial charge on any atom is 0.0434 e. The largest absolute Gasteiger partial charge is 0.147 e. The van der Waals surface area contributed by atoms with Gasteiger partial charge in [-0.3, -0.25) is 0 Å². The van der Waals surface area contributed by atoms with E-state index in [9.17, 15) is 0 Å². The van der Waals surface area contributed by atoms with Crippen molar-refractivity contribution in [3.63, 3.8) is 0 Å². The molecule has 0 fully saturated rings. The van der Waals surface area contributed by atoms with Gasteiger partial charge in [-0.2, -0.15) is 0 Å². The molecule has 0 saturated carbocycles. The second-order valence-electron chi connectivity index (χ2n) is 11.9.